The molecule has 0 aliphatic rings. The van der Waals surface area contributed by atoms with Crippen molar-refractivity contribution in [1.29, 1.82) is 0 Å². The number of nitrogens with two attached hydrogens (primary N) is 1. The molecule has 2 heterocycles. The SMILES string of the molecule is CCCCc1nc(Cl)c(COC(=O)[C@@H](CCC(=O)O)N(S)CCN)n1Cc1ccc(-c2ccccc2-c2nn[nH]n2)cc1. The second kappa shape index (κ2) is 15.6. The Labute approximate surface area is 260 Å². The molecule has 0 aliphatic carbocycles. The van der Waals surface area contributed by atoms with Crippen LogP contribution in [0, 0.1) is 0 Å². The van der Waals surface area contributed by atoms with Crippen LogP contribution in [0.25, 0.3) is 22.5 Å². The summed E-state index contributed by atoms with van der Waals surface area (Å²) in [7, 11) is 0. The molecule has 0 amide bonds. The number of imidazole rings is 1. The van der Waals surface area contributed by atoms with E-state index in [9.17, 15) is 9.59 Å². The van der Waals surface area contributed by atoms with Gasteiger partial charge in [0.05, 0.1) is 5.69 Å². The van der Waals surface area contributed by atoms with Crippen molar-refractivity contribution >= 4 is 36.4 Å². The van der Waals surface area contributed by atoms with E-state index in [2.05, 4.69) is 45.3 Å². The van der Waals surface area contributed by atoms with E-state index in [1.807, 2.05) is 53.1 Å². The highest BCUT2D eigenvalue weighted by molar-refractivity contribution is 7.77. The number of unbranched alkanes of at least 4 members (excludes halogenated alkanes) is 1. The van der Waals surface area contributed by atoms with Crippen LogP contribution >= 0.6 is 24.4 Å². The molecule has 0 saturated heterocycles. The molecule has 0 spiro atoms. The van der Waals surface area contributed by atoms with Crippen LogP contribution in [-0.4, -0.2) is 70.7 Å². The maximum absolute atomic E-state index is 13.1. The third-order valence-electron chi connectivity index (χ3n) is 6.95. The third-order valence-corrected chi connectivity index (χ3v) is 7.73. The van der Waals surface area contributed by atoms with Crippen molar-refractivity contribution in [3.8, 4) is 22.5 Å². The van der Waals surface area contributed by atoms with E-state index < -0.39 is 18.0 Å². The lowest BCUT2D eigenvalue weighted by molar-refractivity contribution is -0.150. The van der Waals surface area contributed by atoms with Gasteiger partial charge in [0.25, 0.3) is 0 Å². The van der Waals surface area contributed by atoms with E-state index in [0.717, 1.165) is 40.9 Å². The molecule has 0 fully saturated rings. The molecule has 43 heavy (non-hydrogen) atoms. The van der Waals surface area contributed by atoms with Gasteiger partial charge in [0.1, 0.15) is 18.5 Å². The molecule has 0 saturated carbocycles. The highest BCUT2D eigenvalue weighted by atomic mass is 35.5. The summed E-state index contributed by atoms with van der Waals surface area (Å²) in [6, 6.07) is 15.1. The van der Waals surface area contributed by atoms with E-state index in [0.29, 0.717) is 24.5 Å². The first-order chi connectivity index (χ1) is 20.8. The lowest BCUT2D eigenvalue weighted by atomic mass is 9.98. The summed E-state index contributed by atoms with van der Waals surface area (Å²) in [5.41, 5.74) is 10.0. The van der Waals surface area contributed by atoms with Gasteiger partial charge >= 0.3 is 11.9 Å². The van der Waals surface area contributed by atoms with Crippen LogP contribution in [0.2, 0.25) is 5.15 Å². The average molecular weight is 627 g/mol. The molecule has 0 radical (unpaired) electrons. The summed E-state index contributed by atoms with van der Waals surface area (Å²) >= 11 is 10.9. The van der Waals surface area contributed by atoms with E-state index >= 15 is 0 Å². The van der Waals surface area contributed by atoms with Crippen LogP contribution in [-0.2, 0) is 33.9 Å². The van der Waals surface area contributed by atoms with Crippen LogP contribution in [0.1, 0.15) is 49.7 Å². The first-order valence-corrected chi connectivity index (χ1v) is 14.8. The molecule has 0 bridgehead atoms. The number of rotatable bonds is 16. The molecule has 0 unspecified atom stereocenters. The smallest absolute Gasteiger partial charge is 0.324 e. The number of ether oxygens (including phenoxy) is 1. The number of carboxylic acid groups (broad SMARTS) is 1. The van der Waals surface area contributed by atoms with Crippen LogP contribution in [0.15, 0.2) is 48.5 Å². The van der Waals surface area contributed by atoms with Gasteiger partial charge in [-0.05, 0) is 34.7 Å². The fourth-order valence-electron chi connectivity index (χ4n) is 4.71. The molecule has 14 heteroatoms. The number of aliphatic carboxylic acids is 1. The lowest BCUT2D eigenvalue weighted by Gasteiger charge is -2.24. The van der Waals surface area contributed by atoms with Gasteiger partial charge in [-0.3, -0.25) is 9.59 Å². The van der Waals surface area contributed by atoms with Gasteiger partial charge in [-0.15, -0.1) is 10.2 Å². The Hall–Kier alpha value is -3.78. The second-order valence-corrected chi connectivity index (χ2v) is 10.8. The third kappa shape index (κ3) is 8.41. The van der Waals surface area contributed by atoms with Gasteiger partial charge in [-0.25, -0.2) is 9.29 Å². The van der Waals surface area contributed by atoms with Gasteiger partial charge in [-0.2, -0.15) is 5.21 Å². The Morgan fingerprint density at radius 2 is 1.93 bits per heavy atom. The number of benzene rings is 2. The number of H-pyrrole nitrogens is 1. The summed E-state index contributed by atoms with van der Waals surface area (Å²) in [5, 5.41) is 23.8. The molecular weight excluding hydrogens is 592 g/mol. The lowest BCUT2D eigenvalue weighted by Crippen LogP contribution is -2.39. The van der Waals surface area contributed by atoms with Crippen molar-refractivity contribution in [3.05, 3.63) is 70.8 Å². The van der Waals surface area contributed by atoms with Crippen molar-refractivity contribution in [2.75, 3.05) is 13.1 Å². The van der Waals surface area contributed by atoms with Crippen LogP contribution in [0.4, 0.5) is 0 Å². The molecule has 4 aromatic rings. The molecule has 0 aliphatic heterocycles. The van der Waals surface area contributed by atoms with Crippen molar-refractivity contribution < 1.29 is 19.4 Å². The molecular formula is C29H35ClN8O4S. The molecule has 12 nitrogen and oxygen atoms in total. The number of tetrazole rings is 1. The number of aryl methyl sites for hydroxylation is 1. The maximum Gasteiger partial charge on any atom is 0.324 e. The number of thiol groups is 1. The average Bonchev–Trinajstić information content (AvgIpc) is 3.64. The fourth-order valence-corrected chi connectivity index (χ4v) is 5.29. The number of halogens is 1. The fraction of sp³-hybridized carbons (Fsp3) is 0.379. The number of hydrogen-bond donors (Lipinski definition) is 4. The number of hydrogen-bond acceptors (Lipinski definition) is 10. The van der Waals surface area contributed by atoms with Gasteiger partial charge in [0, 0.05) is 38.0 Å². The van der Waals surface area contributed by atoms with Gasteiger partial charge in [-0.1, -0.05) is 86.3 Å². The zero-order valence-electron chi connectivity index (χ0n) is 23.8. The molecule has 228 valence electrons. The Balaban J connectivity index is 1.55. The minimum Gasteiger partial charge on any atom is -0.481 e. The van der Waals surface area contributed by atoms with Crippen LogP contribution in [0.3, 0.4) is 0 Å². The second-order valence-electron chi connectivity index (χ2n) is 9.94. The monoisotopic (exact) mass is 626 g/mol. The highest BCUT2D eigenvalue weighted by Gasteiger charge is 2.27. The predicted octanol–water partition coefficient (Wildman–Crippen LogP) is 4.16. The molecule has 2 aromatic heterocycles. The molecule has 4 N–H and O–H groups in total. The Kier molecular flexibility index (Phi) is 11.7. The zero-order valence-corrected chi connectivity index (χ0v) is 25.5. The van der Waals surface area contributed by atoms with E-state index in [1.165, 1.54) is 4.31 Å². The summed E-state index contributed by atoms with van der Waals surface area (Å²) in [6.07, 6.45) is 2.44. The highest BCUT2D eigenvalue weighted by Crippen LogP contribution is 2.30. The normalized spacial score (nSPS) is 12.0. The Bertz CT molecular complexity index is 1500. The van der Waals surface area contributed by atoms with E-state index in [-0.39, 0.29) is 37.7 Å². The summed E-state index contributed by atoms with van der Waals surface area (Å²) in [4.78, 5) is 28.8. The van der Waals surface area contributed by atoms with Gasteiger partial charge < -0.3 is 20.1 Å². The number of nitrogens with one attached hydrogen (secondary N) is 1. The minimum absolute atomic E-state index is 0.0363. The number of aromatic amines is 1. The molecule has 4 rings (SSSR count). The maximum atomic E-state index is 13.1. The van der Waals surface area contributed by atoms with Gasteiger partial charge in [0.15, 0.2) is 5.15 Å². The summed E-state index contributed by atoms with van der Waals surface area (Å²) < 4.78 is 9.06. The Morgan fingerprint density at radius 3 is 2.58 bits per heavy atom. The molecule has 1 atom stereocenters. The zero-order chi connectivity index (χ0) is 30.8. The van der Waals surface area contributed by atoms with Gasteiger partial charge in [0.2, 0.25) is 5.82 Å². The van der Waals surface area contributed by atoms with Crippen molar-refractivity contribution in [2.24, 2.45) is 5.73 Å². The van der Waals surface area contributed by atoms with Crippen molar-refractivity contribution in [3.63, 3.8) is 0 Å². The molecule has 2 aromatic carbocycles. The van der Waals surface area contributed by atoms with Crippen LogP contribution in [0.5, 0.6) is 0 Å². The number of carboxylic acids is 1. The topological polar surface area (TPSA) is 165 Å². The minimum atomic E-state index is -1.02. The summed E-state index contributed by atoms with van der Waals surface area (Å²) in [6.45, 7) is 2.98. The number of nitrogens with zero attached hydrogens (tertiary/aromatic N) is 6. The van der Waals surface area contributed by atoms with Crippen molar-refractivity contribution in [2.45, 2.75) is 58.2 Å². The number of aromatic nitrogens is 6. The van der Waals surface area contributed by atoms with Crippen LogP contribution < -0.4 is 5.73 Å². The number of esters is 1. The predicted molar refractivity (Wildman–Crippen MR) is 165 cm³/mol. The van der Waals surface area contributed by atoms with E-state index in [1.54, 1.807) is 0 Å². The first-order valence-electron chi connectivity index (χ1n) is 14.0. The largest absolute Gasteiger partial charge is 0.481 e. The standard InChI is InChI=1S/C29H35ClN8O4S/c1-2-3-8-25-32-27(30)24(18-42-29(41)23(13-14-26(39)40)38(43)16-15-31)37(25)17-19-9-11-20(12-10-19)21-6-4-5-7-22(21)28-33-35-36-34-28/h4-7,9-12,23,43H,2-3,8,13-18,31H2,1H3,(H,39,40)(H,33,34,35,36)/t23-/m1/s1. The summed E-state index contributed by atoms with van der Waals surface area (Å²) in [5.74, 6) is -0.306. The quantitative estimate of drug-likeness (QED) is 0.105. The number of carbonyl (C=O) groups excluding carboxylic acids is 1. The van der Waals surface area contributed by atoms with E-state index in [4.69, 9.17) is 27.2 Å². The van der Waals surface area contributed by atoms with Crippen molar-refractivity contribution in [1.82, 2.24) is 34.5 Å². The first kappa shape index (κ1) is 32.1. The Morgan fingerprint density at radius 1 is 1.19 bits per heavy atom. The number of carbonyl (C=O) groups is 2.